The monoisotopic (exact) mass is 480 g/mol. The van der Waals surface area contributed by atoms with Crippen molar-refractivity contribution in [3.8, 4) is 5.75 Å². The van der Waals surface area contributed by atoms with Crippen LogP contribution in [-0.4, -0.2) is 56.7 Å². The van der Waals surface area contributed by atoms with E-state index in [2.05, 4.69) is 10.1 Å². The van der Waals surface area contributed by atoms with Crippen molar-refractivity contribution in [2.24, 2.45) is 5.92 Å². The van der Waals surface area contributed by atoms with Crippen LogP contribution in [0.15, 0.2) is 29.2 Å². The molecule has 0 aromatic heterocycles. The van der Waals surface area contributed by atoms with E-state index in [0.29, 0.717) is 12.8 Å². The number of amides is 1. The van der Waals surface area contributed by atoms with Gasteiger partial charge < -0.3 is 14.8 Å². The van der Waals surface area contributed by atoms with Gasteiger partial charge in [0.05, 0.1) is 12.0 Å². The third-order valence-electron chi connectivity index (χ3n) is 5.29. The molecule has 1 amide bonds. The number of nitrogens with zero attached hydrogens (tertiary/aromatic N) is 1. The van der Waals surface area contributed by atoms with Crippen LogP contribution in [0.4, 0.5) is 13.2 Å². The van der Waals surface area contributed by atoms with Crippen molar-refractivity contribution in [1.29, 1.82) is 0 Å². The summed E-state index contributed by atoms with van der Waals surface area (Å²) in [7, 11) is -2.83. The lowest BCUT2D eigenvalue weighted by molar-refractivity contribution is -0.274. The molecule has 1 aliphatic rings. The molecule has 1 unspecified atom stereocenters. The van der Waals surface area contributed by atoms with E-state index in [1.54, 1.807) is 6.92 Å². The fourth-order valence-electron chi connectivity index (χ4n) is 3.65. The molecule has 8 nitrogen and oxygen atoms in total. The van der Waals surface area contributed by atoms with Gasteiger partial charge in [-0.3, -0.25) is 4.79 Å². The first-order valence-corrected chi connectivity index (χ1v) is 11.5. The van der Waals surface area contributed by atoms with Crippen molar-refractivity contribution in [3.05, 3.63) is 24.3 Å². The minimum atomic E-state index is -4.94. The number of hydrogen-bond acceptors (Lipinski definition) is 6. The summed E-state index contributed by atoms with van der Waals surface area (Å²) >= 11 is 0. The Bertz CT molecular complexity index is 930. The van der Waals surface area contributed by atoms with Crippen LogP contribution in [-0.2, 0) is 24.3 Å². The number of carbonyl (C=O) groups excluding carboxylic acids is 2. The number of alkyl halides is 3. The second-order valence-electron chi connectivity index (χ2n) is 7.76. The number of hydrogen-bond donors (Lipinski definition) is 1. The molecule has 0 bridgehead atoms. The molecule has 0 spiro atoms. The van der Waals surface area contributed by atoms with Crippen molar-refractivity contribution < 1.29 is 40.7 Å². The number of ether oxygens (including phenoxy) is 2. The average Bonchev–Trinajstić information content (AvgIpc) is 2.72. The minimum Gasteiger partial charge on any atom is -0.467 e. The topological polar surface area (TPSA) is 102 Å². The molecule has 1 fully saturated rings. The molecular weight excluding hydrogens is 453 g/mol. The van der Waals surface area contributed by atoms with Crippen molar-refractivity contribution in [2.45, 2.75) is 56.3 Å². The molecule has 1 aromatic carbocycles. The molecule has 1 saturated heterocycles. The second-order valence-corrected chi connectivity index (χ2v) is 9.70. The number of nitrogens with one attached hydrogen (secondary N) is 1. The Labute approximate surface area is 185 Å². The van der Waals surface area contributed by atoms with Crippen LogP contribution in [0.2, 0.25) is 0 Å². The fourth-order valence-corrected chi connectivity index (χ4v) is 5.16. The lowest BCUT2D eigenvalue weighted by Gasteiger charge is -2.33. The van der Waals surface area contributed by atoms with Crippen LogP contribution < -0.4 is 10.1 Å². The summed E-state index contributed by atoms with van der Waals surface area (Å²) in [5, 5.41) is 2.72. The molecule has 1 aromatic rings. The SMILES string of the molecule is CCCC(C)(NC(=O)C1CCN(S(=O)(=O)c2cccc(OC(F)(F)F)c2)CC1)C(=O)OC. The smallest absolute Gasteiger partial charge is 0.467 e. The highest BCUT2D eigenvalue weighted by atomic mass is 32.2. The number of sulfonamides is 1. The van der Waals surface area contributed by atoms with Crippen LogP contribution in [0.25, 0.3) is 0 Å². The summed E-state index contributed by atoms with van der Waals surface area (Å²) in [6, 6.07) is 4.17. The zero-order valence-electron chi connectivity index (χ0n) is 18.1. The van der Waals surface area contributed by atoms with E-state index in [4.69, 9.17) is 4.74 Å². The van der Waals surface area contributed by atoms with Crippen molar-refractivity contribution in [3.63, 3.8) is 0 Å². The molecule has 32 heavy (non-hydrogen) atoms. The number of piperidine rings is 1. The van der Waals surface area contributed by atoms with E-state index < -0.39 is 39.6 Å². The maximum atomic E-state index is 12.9. The first-order chi connectivity index (χ1) is 14.8. The molecule has 180 valence electrons. The van der Waals surface area contributed by atoms with Gasteiger partial charge in [-0.2, -0.15) is 4.31 Å². The minimum absolute atomic E-state index is 0.00743. The number of carbonyl (C=O) groups is 2. The zero-order valence-corrected chi connectivity index (χ0v) is 18.9. The van der Waals surface area contributed by atoms with E-state index in [-0.39, 0.29) is 36.7 Å². The number of rotatable bonds is 8. The Morgan fingerprint density at radius 1 is 1.22 bits per heavy atom. The summed E-state index contributed by atoms with van der Waals surface area (Å²) in [6.07, 6.45) is -3.51. The largest absolute Gasteiger partial charge is 0.573 e. The van der Waals surface area contributed by atoms with E-state index in [1.807, 2.05) is 6.92 Å². The van der Waals surface area contributed by atoms with Crippen LogP contribution in [0.5, 0.6) is 5.75 Å². The molecule has 1 N–H and O–H groups in total. The summed E-state index contributed by atoms with van der Waals surface area (Å²) in [5.74, 6) is -2.08. The van der Waals surface area contributed by atoms with E-state index >= 15 is 0 Å². The first kappa shape index (κ1) is 25.9. The predicted octanol–water partition coefficient (Wildman–Crippen LogP) is 2.83. The summed E-state index contributed by atoms with van der Waals surface area (Å²) in [5.41, 5.74) is -1.18. The summed E-state index contributed by atoms with van der Waals surface area (Å²) in [4.78, 5) is 24.5. The molecule has 2 rings (SSSR count). The van der Waals surface area contributed by atoms with E-state index in [9.17, 15) is 31.2 Å². The van der Waals surface area contributed by atoms with Gasteiger partial charge in [0, 0.05) is 25.1 Å². The summed E-state index contributed by atoms with van der Waals surface area (Å²) in [6.45, 7) is 3.46. The Balaban J connectivity index is 2.06. The molecule has 12 heteroatoms. The third kappa shape index (κ3) is 6.35. The lowest BCUT2D eigenvalue weighted by Crippen LogP contribution is -2.55. The molecule has 0 saturated carbocycles. The predicted molar refractivity (Wildman–Crippen MR) is 108 cm³/mol. The normalized spacial score (nSPS) is 17.9. The molecule has 1 aliphatic heterocycles. The average molecular weight is 481 g/mol. The number of halogens is 3. The molecule has 1 atom stereocenters. The van der Waals surface area contributed by atoms with Gasteiger partial charge in [-0.05, 0) is 38.3 Å². The molecule has 0 radical (unpaired) electrons. The quantitative estimate of drug-likeness (QED) is 0.574. The maximum absolute atomic E-state index is 12.9. The lowest BCUT2D eigenvalue weighted by atomic mass is 9.92. The van der Waals surface area contributed by atoms with Gasteiger partial charge in [0.1, 0.15) is 11.3 Å². The van der Waals surface area contributed by atoms with Gasteiger partial charge in [-0.25, -0.2) is 13.2 Å². The van der Waals surface area contributed by atoms with Gasteiger partial charge in [-0.1, -0.05) is 19.4 Å². The number of benzene rings is 1. The van der Waals surface area contributed by atoms with Gasteiger partial charge in [0.2, 0.25) is 15.9 Å². The Morgan fingerprint density at radius 2 is 1.84 bits per heavy atom. The zero-order chi connectivity index (χ0) is 24.2. The van der Waals surface area contributed by atoms with E-state index in [0.717, 1.165) is 22.5 Å². The standard InChI is InChI=1S/C20H27F3N2O6S/c1-4-10-19(2,18(27)30-3)24-17(26)14-8-11-25(12-9-14)32(28,29)16-7-5-6-15(13-16)31-20(21,22)23/h5-7,13-14H,4,8-12H2,1-3H3,(H,24,26). The number of esters is 1. The maximum Gasteiger partial charge on any atom is 0.573 e. The Morgan fingerprint density at radius 3 is 2.38 bits per heavy atom. The van der Waals surface area contributed by atoms with Gasteiger partial charge in [-0.15, -0.1) is 13.2 Å². The fraction of sp³-hybridized carbons (Fsp3) is 0.600. The van der Waals surface area contributed by atoms with Crippen LogP contribution in [0.3, 0.4) is 0 Å². The second kappa shape index (κ2) is 10.1. The highest BCUT2D eigenvalue weighted by Gasteiger charge is 2.39. The van der Waals surface area contributed by atoms with Crippen molar-refractivity contribution in [1.82, 2.24) is 9.62 Å². The van der Waals surface area contributed by atoms with Gasteiger partial charge >= 0.3 is 12.3 Å². The Kier molecular flexibility index (Phi) is 8.16. The first-order valence-electron chi connectivity index (χ1n) is 10.1. The summed E-state index contributed by atoms with van der Waals surface area (Å²) < 4.78 is 72.7. The van der Waals surface area contributed by atoms with E-state index in [1.165, 1.54) is 13.2 Å². The van der Waals surface area contributed by atoms with Crippen LogP contribution in [0.1, 0.15) is 39.5 Å². The number of methoxy groups -OCH3 is 1. The van der Waals surface area contributed by atoms with Crippen molar-refractivity contribution >= 4 is 21.9 Å². The van der Waals surface area contributed by atoms with Gasteiger partial charge in [0.25, 0.3) is 0 Å². The third-order valence-corrected chi connectivity index (χ3v) is 7.18. The molecule has 0 aliphatic carbocycles. The Hall–Kier alpha value is -2.34. The molecule has 1 heterocycles. The highest BCUT2D eigenvalue weighted by molar-refractivity contribution is 7.89. The van der Waals surface area contributed by atoms with Gasteiger partial charge in [0.15, 0.2) is 0 Å². The van der Waals surface area contributed by atoms with Crippen LogP contribution in [0, 0.1) is 5.92 Å². The molecular formula is C20H27F3N2O6S. The highest BCUT2D eigenvalue weighted by Crippen LogP contribution is 2.29. The van der Waals surface area contributed by atoms with Crippen LogP contribution >= 0.6 is 0 Å². The van der Waals surface area contributed by atoms with Crippen molar-refractivity contribution in [2.75, 3.05) is 20.2 Å².